The van der Waals surface area contributed by atoms with Gasteiger partial charge >= 0.3 is 11.9 Å². The van der Waals surface area contributed by atoms with E-state index in [1.54, 1.807) is 0 Å². The minimum absolute atomic E-state index is 0.0401. The molecule has 4 rings (SSSR count). The van der Waals surface area contributed by atoms with Crippen LogP contribution >= 0.6 is 0 Å². The Bertz CT molecular complexity index is 1240. The van der Waals surface area contributed by atoms with Gasteiger partial charge < -0.3 is 8.94 Å². The summed E-state index contributed by atoms with van der Waals surface area (Å²) in [6.45, 7) is 0.185. The van der Waals surface area contributed by atoms with E-state index in [-0.39, 0.29) is 36.1 Å². The summed E-state index contributed by atoms with van der Waals surface area (Å²) in [6.07, 6.45) is -3.81. The van der Waals surface area contributed by atoms with Crippen LogP contribution in [-0.4, -0.2) is 19.9 Å². The molecule has 2 heterocycles. The molecule has 0 radical (unpaired) electrons. The SMILES string of the molecule is O=c1oc(-c2ccc(F)cc2)nn1CCCc1nc(-c2cccc(C(F)(F)F)c2)no1. The Morgan fingerprint density at radius 2 is 1.81 bits per heavy atom. The van der Waals surface area contributed by atoms with Gasteiger partial charge in [-0.2, -0.15) is 22.8 Å². The largest absolute Gasteiger partial charge is 0.437 e. The quantitative estimate of drug-likeness (QED) is 0.420. The minimum atomic E-state index is -4.47. The molecule has 0 bridgehead atoms. The van der Waals surface area contributed by atoms with Gasteiger partial charge in [0.05, 0.1) is 5.56 Å². The highest BCUT2D eigenvalue weighted by Crippen LogP contribution is 2.31. The number of aromatic nitrogens is 4. The first-order valence-corrected chi connectivity index (χ1v) is 9.14. The highest BCUT2D eigenvalue weighted by Gasteiger charge is 2.30. The van der Waals surface area contributed by atoms with E-state index in [2.05, 4.69) is 15.2 Å². The molecule has 0 saturated carbocycles. The molecule has 0 aliphatic carbocycles. The average molecular weight is 434 g/mol. The number of halogens is 4. The smallest absolute Gasteiger partial charge is 0.388 e. The van der Waals surface area contributed by atoms with Crippen LogP contribution in [0.5, 0.6) is 0 Å². The lowest BCUT2D eigenvalue weighted by molar-refractivity contribution is -0.137. The number of nitrogens with zero attached hydrogens (tertiary/aromatic N) is 4. The van der Waals surface area contributed by atoms with Crippen LogP contribution in [0.2, 0.25) is 0 Å². The van der Waals surface area contributed by atoms with Crippen molar-refractivity contribution >= 4 is 0 Å². The highest BCUT2D eigenvalue weighted by molar-refractivity contribution is 5.55. The van der Waals surface area contributed by atoms with Gasteiger partial charge in [0.1, 0.15) is 5.82 Å². The molecule has 0 unspecified atom stereocenters. The summed E-state index contributed by atoms with van der Waals surface area (Å²) in [7, 11) is 0. The van der Waals surface area contributed by atoms with Gasteiger partial charge in [-0.1, -0.05) is 17.3 Å². The number of aryl methyl sites for hydroxylation is 2. The summed E-state index contributed by atoms with van der Waals surface area (Å²) in [5, 5.41) is 7.79. The normalized spacial score (nSPS) is 11.7. The topological polar surface area (TPSA) is 87.0 Å². The van der Waals surface area contributed by atoms with Crippen LogP contribution in [0.3, 0.4) is 0 Å². The molecular weight excluding hydrogens is 420 g/mol. The lowest BCUT2D eigenvalue weighted by Crippen LogP contribution is -2.16. The van der Waals surface area contributed by atoms with E-state index in [1.807, 2.05) is 0 Å². The van der Waals surface area contributed by atoms with Crippen LogP contribution in [0.25, 0.3) is 22.8 Å². The standard InChI is InChI=1S/C20H14F4N4O3/c21-15-8-6-12(7-9-15)18-26-28(19(29)30-18)10-2-5-16-25-17(27-31-16)13-3-1-4-14(11-13)20(22,23)24/h1,3-4,6-9,11H,2,5,10H2. The Morgan fingerprint density at radius 1 is 1.03 bits per heavy atom. The zero-order chi connectivity index (χ0) is 22.0. The summed E-state index contributed by atoms with van der Waals surface area (Å²) >= 11 is 0. The van der Waals surface area contributed by atoms with Crippen molar-refractivity contribution in [1.82, 2.24) is 19.9 Å². The van der Waals surface area contributed by atoms with Gasteiger partial charge in [0.2, 0.25) is 17.6 Å². The zero-order valence-corrected chi connectivity index (χ0v) is 15.8. The Balaban J connectivity index is 1.40. The second-order valence-electron chi connectivity index (χ2n) is 6.60. The maximum atomic E-state index is 13.0. The van der Waals surface area contributed by atoms with Crippen molar-refractivity contribution in [2.75, 3.05) is 0 Å². The van der Waals surface area contributed by atoms with E-state index in [4.69, 9.17) is 8.94 Å². The summed E-state index contributed by atoms with van der Waals surface area (Å²) < 4.78 is 62.9. The zero-order valence-electron chi connectivity index (χ0n) is 15.8. The lowest BCUT2D eigenvalue weighted by Gasteiger charge is -2.06. The maximum Gasteiger partial charge on any atom is 0.437 e. The fourth-order valence-corrected chi connectivity index (χ4v) is 2.85. The average Bonchev–Trinajstić information content (AvgIpc) is 3.35. The molecule has 2 aromatic heterocycles. The van der Waals surface area contributed by atoms with Crippen molar-refractivity contribution in [1.29, 1.82) is 0 Å². The van der Waals surface area contributed by atoms with Crippen molar-refractivity contribution < 1.29 is 26.5 Å². The third-order valence-corrected chi connectivity index (χ3v) is 4.37. The number of hydrogen-bond acceptors (Lipinski definition) is 6. The van der Waals surface area contributed by atoms with Gasteiger partial charge in [-0.05, 0) is 42.8 Å². The predicted molar refractivity (Wildman–Crippen MR) is 99.2 cm³/mol. The molecule has 0 aliphatic rings. The molecule has 7 nitrogen and oxygen atoms in total. The number of hydrogen-bond donors (Lipinski definition) is 0. The molecular formula is C20H14F4N4O3. The van der Waals surface area contributed by atoms with Gasteiger partial charge in [0.25, 0.3) is 0 Å². The molecule has 0 N–H and O–H groups in total. The van der Waals surface area contributed by atoms with E-state index >= 15 is 0 Å². The monoisotopic (exact) mass is 434 g/mol. The number of benzene rings is 2. The first-order valence-electron chi connectivity index (χ1n) is 9.14. The Morgan fingerprint density at radius 3 is 2.55 bits per heavy atom. The van der Waals surface area contributed by atoms with Crippen molar-refractivity contribution in [2.45, 2.75) is 25.6 Å². The molecule has 0 fully saturated rings. The third kappa shape index (κ3) is 4.71. The van der Waals surface area contributed by atoms with Crippen molar-refractivity contribution in [3.8, 4) is 22.8 Å². The molecule has 0 amide bonds. The first-order chi connectivity index (χ1) is 14.8. The number of alkyl halides is 3. The number of rotatable bonds is 6. The summed E-state index contributed by atoms with van der Waals surface area (Å²) in [6, 6.07) is 9.97. The van der Waals surface area contributed by atoms with E-state index < -0.39 is 23.3 Å². The van der Waals surface area contributed by atoms with E-state index in [0.29, 0.717) is 12.0 Å². The molecule has 0 spiro atoms. The maximum absolute atomic E-state index is 13.0. The van der Waals surface area contributed by atoms with Crippen LogP contribution in [0.1, 0.15) is 17.9 Å². The molecule has 31 heavy (non-hydrogen) atoms. The molecule has 11 heteroatoms. The summed E-state index contributed by atoms with van der Waals surface area (Å²) in [5.74, 6) is -0.778. The van der Waals surface area contributed by atoms with Crippen LogP contribution in [0.15, 0.2) is 62.3 Å². The lowest BCUT2D eigenvalue weighted by atomic mass is 10.1. The molecule has 0 atom stereocenters. The minimum Gasteiger partial charge on any atom is -0.388 e. The van der Waals surface area contributed by atoms with Gasteiger partial charge in [-0.15, -0.1) is 5.10 Å². The molecule has 2 aromatic carbocycles. The van der Waals surface area contributed by atoms with Crippen molar-refractivity contribution in [3.63, 3.8) is 0 Å². The van der Waals surface area contributed by atoms with Crippen LogP contribution in [-0.2, 0) is 19.1 Å². The van der Waals surface area contributed by atoms with Gasteiger partial charge in [-0.3, -0.25) is 0 Å². The van der Waals surface area contributed by atoms with Gasteiger partial charge in [0, 0.05) is 24.1 Å². The predicted octanol–water partition coefficient (Wildman–Crippen LogP) is 4.34. The van der Waals surface area contributed by atoms with E-state index in [0.717, 1.165) is 16.8 Å². The van der Waals surface area contributed by atoms with E-state index in [1.165, 1.54) is 36.4 Å². The fraction of sp³-hybridized carbons (Fsp3) is 0.200. The molecule has 160 valence electrons. The van der Waals surface area contributed by atoms with Crippen molar-refractivity contribution in [3.05, 3.63) is 76.4 Å². The van der Waals surface area contributed by atoms with Crippen LogP contribution < -0.4 is 5.76 Å². The van der Waals surface area contributed by atoms with Crippen molar-refractivity contribution in [2.24, 2.45) is 0 Å². The summed E-state index contributed by atoms with van der Waals surface area (Å²) in [5.41, 5.74) is -0.167. The van der Waals surface area contributed by atoms with Crippen LogP contribution in [0.4, 0.5) is 17.6 Å². The highest BCUT2D eigenvalue weighted by atomic mass is 19.4. The Labute approximate surface area is 171 Å². The van der Waals surface area contributed by atoms with Gasteiger partial charge in [-0.25, -0.2) is 9.18 Å². The first kappa shape index (κ1) is 20.5. The van der Waals surface area contributed by atoms with E-state index in [9.17, 15) is 22.4 Å². The molecule has 0 saturated heterocycles. The second-order valence-corrected chi connectivity index (χ2v) is 6.60. The Hall–Kier alpha value is -3.76. The second kappa shape index (κ2) is 8.17. The van der Waals surface area contributed by atoms with Crippen LogP contribution in [0, 0.1) is 5.82 Å². The molecule has 4 aromatic rings. The Kier molecular flexibility index (Phi) is 5.40. The molecule has 0 aliphatic heterocycles. The third-order valence-electron chi connectivity index (χ3n) is 4.37. The fourth-order valence-electron chi connectivity index (χ4n) is 2.85. The summed E-state index contributed by atoms with van der Waals surface area (Å²) in [4.78, 5) is 16.0. The van der Waals surface area contributed by atoms with Gasteiger partial charge in [0.15, 0.2) is 0 Å².